The predicted molar refractivity (Wildman–Crippen MR) is 84.9 cm³/mol. The van der Waals surface area contributed by atoms with Gasteiger partial charge in [0, 0.05) is 30.7 Å². The van der Waals surface area contributed by atoms with Crippen molar-refractivity contribution in [3.05, 3.63) is 42.7 Å². The molecule has 112 valence electrons. The molecule has 4 nitrogen and oxygen atoms in total. The van der Waals surface area contributed by atoms with Crippen molar-refractivity contribution in [2.24, 2.45) is 0 Å². The van der Waals surface area contributed by atoms with Crippen molar-refractivity contribution < 1.29 is 4.74 Å². The monoisotopic (exact) mass is 285 g/mol. The molecule has 0 bridgehead atoms. The van der Waals surface area contributed by atoms with Gasteiger partial charge in [-0.2, -0.15) is 5.10 Å². The first-order chi connectivity index (χ1) is 10.2. The Kier molecular flexibility index (Phi) is 3.97. The maximum atomic E-state index is 5.90. The van der Waals surface area contributed by atoms with E-state index < -0.39 is 0 Å². The molecule has 2 atom stereocenters. The van der Waals surface area contributed by atoms with Crippen molar-refractivity contribution >= 4 is 5.69 Å². The predicted octanol–water partition coefficient (Wildman–Crippen LogP) is 3.63. The van der Waals surface area contributed by atoms with Gasteiger partial charge in [0.2, 0.25) is 0 Å². The lowest BCUT2D eigenvalue weighted by Gasteiger charge is -2.38. The van der Waals surface area contributed by atoms with Crippen molar-refractivity contribution in [2.45, 2.75) is 44.8 Å². The second-order valence-electron chi connectivity index (χ2n) is 5.98. The molecule has 1 saturated heterocycles. The zero-order valence-electron chi connectivity index (χ0n) is 12.7. The standard InChI is InChI=1S/C17H23N3O/c1-3-17(2)13-15(9-12-21-17)19-14-5-7-16(8-6-14)20-11-4-10-18-20/h4-8,10-11,15,19H,3,9,12-13H2,1-2H3. The van der Waals surface area contributed by atoms with Crippen molar-refractivity contribution in [3.63, 3.8) is 0 Å². The first-order valence-corrected chi connectivity index (χ1v) is 7.69. The minimum Gasteiger partial charge on any atom is -0.382 e. The molecular formula is C17H23N3O. The molecule has 1 aromatic heterocycles. The Hall–Kier alpha value is -1.81. The number of hydrogen-bond donors (Lipinski definition) is 1. The average molecular weight is 285 g/mol. The van der Waals surface area contributed by atoms with Crippen LogP contribution in [0.5, 0.6) is 0 Å². The summed E-state index contributed by atoms with van der Waals surface area (Å²) in [6.45, 7) is 5.25. The Morgan fingerprint density at radius 1 is 1.38 bits per heavy atom. The molecule has 2 heterocycles. The van der Waals surface area contributed by atoms with E-state index in [1.54, 1.807) is 6.20 Å². The van der Waals surface area contributed by atoms with Gasteiger partial charge in [-0.1, -0.05) is 6.92 Å². The Labute approximate surface area is 126 Å². The van der Waals surface area contributed by atoms with Crippen LogP contribution in [0.25, 0.3) is 5.69 Å². The third-order valence-corrected chi connectivity index (χ3v) is 4.35. The maximum absolute atomic E-state index is 5.90. The molecule has 0 radical (unpaired) electrons. The lowest BCUT2D eigenvalue weighted by Crippen LogP contribution is -2.41. The van der Waals surface area contributed by atoms with Crippen LogP contribution in [-0.4, -0.2) is 28.0 Å². The molecule has 1 aliphatic heterocycles. The summed E-state index contributed by atoms with van der Waals surface area (Å²) in [4.78, 5) is 0. The topological polar surface area (TPSA) is 39.1 Å². The molecule has 3 rings (SSSR count). The molecule has 0 spiro atoms. The van der Waals surface area contributed by atoms with Crippen LogP contribution >= 0.6 is 0 Å². The molecule has 0 saturated carbocycles. The quantitative estimate of drug-likeness (QED) is 0.932. The van der Waals surface area contributed by atoms with Crippen molar-refractivity contribution in [1.29, 1.82) is 0 Å². The summed E-state index contributed by atoms with van der Waals surface area (Å²) in [5.41, 5.74) is 2.26. The van der Waals surface area contributed by atoms with Gasteiger partial charge < -0.3 is 10.1 Å². The van der Waals surface area contributed by atoms with E-state index in [0.29, 0.717) is 6.04 Å². The Balaban J connectivity index is 1.65. The van der Waals surface area contributed by atoms with Gasteiger partial charge in [0.25, 0.3) is 0 Å². The molecule has 4 heteroatoms. The molecule has 1 aromatic carbocycles. The molecular weight excluding hydrogens is 262 g/mol. The number of rotatable bonds is 4. The van der Waals surface area contributed by atoms with Crippen LogP contribution < -0.4 is 5.32 Å². The van der Waals surface area contributed by atoms with E-state index >= 15 is 0 Å². The molecule has 2 aromatic rings. The first kappa shape index (κ1) is 14.1. The van der Waals surface area contributed by atoms with E-state index in [0.717, 1.165) is 37.2 Å². The molecule has 1 fully saturated rings. The van der Waals surface area contributed by atoms with Gasteiger partial charge in [0.05, 0.1) is 11.3 Å². The van der Waals surface area contributed by atoms with Crippen LogP contribution in [0.1, 0.15) is 33.1 Å². The fourth-order valence-electron chi connectivity index (χ4n) is 2.87. The van der Waals surface area contributed by atoms with Crippen molar-refractivity contribution in [2.75, 3.05) is 11.9 Å². The van der Waals surface area contributed by atoms with Crippen LogP contribution in [0.2, 0.25) is 0 Å². The Morgan fingerprint density at radius 3 is 2.86 bits per heavy atom. The highest BCUT2D eigenvalue weighted by Gasteiger charge is 2.31. The number of ether oxygens (including phenoxy) is 1. The zero-order chi connectivity index (χ0) is 14.7. The second-order valence-corrected chi connectivity index (χ2v) is 5.98. The highest BCUT2D eigenvalue weighted by Crippen LogP contribution is 2.29. The molecule has 0 aliphatic carbocycles. The van der Waals surface area contributed by atoms with E-state index in [-0.39, 0.29) is 5.60 Å². The van der Waals surface area contributed by atoms with E-state index in [2.05, 4.69) is 48.5 Å². The van der Waals surface area contributed by atoms with Crippen LogP contribution in [0.4, 0.5) is 5.69 Å². The Bertz CT molecular complexity index is 564. The van der Waals surface area contributed by atoms with Gasteiger partial charge in [-0.3, -0.25) is 0 Å². The minimum absolute atomic E-state index is 0.0188. The van der Waals surface area contributed by atoms with E-state index in [1.165, 1.54) is 0 Å². The second kappa shape index (κ2) is 5.90. The molecule has 1 aliphatic rings. The lowest BCUT2D eigenvalue weighted by atomic mass is 9.90. The van der Waals surface area contributed by atoms with Crippen LogP contribution in [-0.2, 0) is 4.74 Å². The summed E-state index contributed by atoms with van der Waals surface area (Å²) in [6, 6.07) is 10.8. The van der Waals surface area contributed by atoms with E-state index in [1.807, 2.05) is 16.9 Å². The largest absolute Gasteiger partial charge is 0.382 e. The number of benzene rings is 1. The van der Waals surface area contributed by atoms with E-state index in [4.69, 9.17) is 4.74 Å². The highest BCUT2D eigenvalue weighted by atomic mass is 16.5. The third kappa shape index (κ3) is 3.27. The minimum atomic E-state index is 0.0188. The number of nitrogens with one attached hydrogen (secondary N) is 1. The maximum Gasteiger partial charge on any atom is 0.0671 e. The SMILES string of the molecule is CCC1(C)CC(Nc2ccc(-n3cccn3)cc2)CCO1. The molecule has 0 amide bonds. The van der Waals surface area contributed by atoms with Gasteiger partial charge >= 0.3 is 0 Å². The molecule has 2 unspecified atom stereocenters. The fourth-order valence-corrected chi connectivity index (χ4v) is 2.87. The lowest BCUT2D eigenvalue weighted by molar-refractivity contribution is -0.0708. The van der Waals surface area contributed by atoms with Gasteiger partial charge in [-0.25, -0.2) is 4.68 Å². The summed E-state index contributed by atoms with van der Waals surface area (Å²) >= 11 is 0. The van der Waals surface area contributed by atoms with E-state index in [9.17, 15) is 0 Å². The van der Waals surface area contributed by atoms with Gasteiger partial charge in [-0.05, 0) is 56.5 Å². The summed E-state index contributed by atoms with van der Waals surface area (Å²) in [6.07, 6.45) is 6.93. The number of hydrogen-bond acceptors (Lipinski definition) is 3. The first-order valence-electron chi connectivity index (χ1n) is 7.69. The zero-order valence-corrected chi connectivity index (χ0v) is 12.7. The molecule has 21 heavy (non-hydrogen) atoms. The van der Waals surface area contributed by atoms with Crippen LogP contribution in [0.15, 0.2) is 42.7 Å². The van der Waals surface area contributed by atoms with Gasteiger partial charge in [-0.15, -0.1) is 0 Å². The summed E-state index contributed by atoms with van der Waals surface area (Å²) in [5, 5.41) is 7.87. The number of nitrogens with zero attached hydrogens (tertiary/aromatic N) is 2. The summed E-state index contributed by atoms with van der Waals surface area (Å²) in [7, 11) is 0. The third-order valence-electron chi connectivity index (χ3n) is 4.35. The van der Waals surface area contributed by atoms with Gasteiger partial charge in [0.15, 0.2) is 0 Å². The van der Waals surface area contributed by atoms with Gasteiger partial charge in [0.1, 0.15) is 0 Å². The van der Waals surface area contributed by atoms with Crippen LogP contribution in [0.3, 0.4) is 0 Å². The fraction of sp³-hybridized carbons (Fsp3) is 0.471. The molecule has 1 N–H and O–H groups in total. The summed E-state index contributed by atoms with van der Waals surface area (Å²) in [5.74, 6) is 0. The van der Waals surface area contributed by atoms with Crippen molar-refractivity contribution in [1.82, 2.24) is 9.78 Å². The Morgan fingerprint density at radius 2 is 2.19 bits per heavy atom. The normalized spacial score (nSPS) is 25.7. The average Bonchev–Trinajstić information content (AvgIpc) is 3.02. The van der Waals surface area contributed by atoms with Crippen molar-refractivity contribution in [3.8, 4) is 5.69 Å². The number of aromatic nitrogens is 2. The summed E-state index contributed by atoms with van der Waals surface area (Å²) < 4.78 is 7.77. The number of anilines is 1. The smallest absolute Gasteiger partial charge is 0.0671 e. The highest BCUT2D eigenvalue weighted by molar-refractivity contribution is 5.49. The van der Waals surface area contributed by atoms with Crippen LogP contribution in [0, 0.1) is 0 Å².